The molecule has 3 saturated heterocycles. The Morgan fingerprint density at radius 3 is 2.61 bits per heavy atom. The fourth-order valence-electron chi connectivity index (χ4n) is 8.65. The van der Waals surface area contributed by atoms with Crippen LogP contribution < -0.4 is 9.64 Å². The number of hydrogen-bond donors (Lipinski definition) is 2. The van der Waals surface area contributed by atoms with Gasteiger partial charge in [0.1, 0.15) is 35.7 Å². The molecule has 4 aromatic rings. The number of aromatic nitrogens is 2. The molecule has 4 atom stereocenters. The van der Waals surface area contributed by atoms with Crippen molar-refractivity contribution < 1.29 is 28.1 Å². The highest BCUT2D eigenvalue weighted by Gasteiger charge is 2.49. The number of fused-ring (bicyclic) bond motifs is 5. The summed E-state index contributed by atoms with van der Waals surface area (Å²) in [5, 5.41) is 22.7. The molecule has 3 aliphatic heterocycles. The third-order valence-corrected chi connectivity index (χ3v) is 10.8. The lowest BCUT2D eigenvalue weighted by Gasteiger charge is -2.45. The molecular formula is C36H35F3N4O3. The molecule has 4 aliphatic rings. The highest BCUT2D eigenvalue weighted by Crippen LogP contribution is 2.43. The number of nitrogens with zero attached hydrogens (tertiary/aromatic N) is 4. The molecule has 0 spiro atoms. The van der Waals surface area contributed by atoms with Gasteiger partial charge in [-0.2, -0.15) is 9.97 Å². The third kappa shape index (κ3) is 4.66. The van der Waals surface area contributed by atoms with Crippen molar-refractivity contribution in [3.63, 3.8) is 0 Å². The van der Waals surface area contributed by atoms with Crippen molar-refractivity contribution in [2.75, 3.05) is 37.7 Å². The number of aliphatic hydroxyl groups is 1. The molecule has 2 bridgehead atoms. The summed E-state index contributed by atoms with van der Waals surface area (Å²) < 4.78 is 52.5. The molecule has 2 unspecified atom stereocenters. The van der Waals surface area contributed by atoms with E-state index in [4.69, 9.17) is 16.1 Å². The summed E-state index contributed by atoms with van der Waals surface area (Å²) in [5.41, 5.74) is -0.129. The van der Waals surface area contributed by atoms with E-state index in [0.717, 1.165) is 38.6 Å². The molecule has 1 aromatic heterocycles. The molecule has 4 heterocycles. The normalized spacial score (nSPS) is 27.7. The predicted octanol–water partition coefficient (Wildman–Crippen LogP) is 5.97. The van der Waals surface area contributed by atoms with E-state index in [1.54, 1.807) is 12.1 Å². The summed E-state index contributed by atoms with van der Waals surface area (Å²) in [6.07, 6.45) is 9.38. The number of benzene rings is 3. The lowest BCUT2D eigenvalue weighted by atomic mass is 9.75. The van der Waals surface area contributed by atoms with E-state index >= 15 is 4.39 Å². The number of hydrogen-bond acceptors (Lipinski definition) is 7. The predicted molar refractivity (Wildman–Crippen MR) is 170 cm³/mol. The van der Waals surface area contributed by atoms with Crippen molar-refractivity contribution in [2.24, 2.45) is 11.8 Å². The van der Waals surface area contributed by atoms with Crippen molar-refractivity contribution in [1.82, 2.24) is 14.9 Å². The Hall–Kier alpha value is -4.07. The maximum Gasteiger partial charge on any atom is 0.319 e. The minimum absolute atomic E-state index is 0.00510. The van der Waals surface area contributed by atoms with Gasteiger partial charge in [-0.15, -0.1) is 6.42 Å². The van der Waals surface area contributed by atoms with Crippen LogP contribution in [0.1, 0.15) is 44.1 Å². The minimum Gasteiger partial charge on any atom is -0.508 e. The van der Waals surface area contributed by atoms with E-state index < -0.39 is 23.3 Å². The molecule has 10 heteroatoms. The molecule has 0 radical (unpaired) electrons. The Bertz CT molecular complexity index is 1900. The van der Waals surface area contributed by atoms with Gasteiger partial charge in [0.25, 0.3) is 0 Å². The van der Waals surface area contributed by atoms with Crippen LogP contribution in [0.25, 0.3) is 32.8 Å². The lowest BCUT2D eigenvalue weighted by molar-refractivity contribution is 0.00582. The first-order valence-corrected chi connectivity index (χ1v) is 16.1. The van der Waals surface area contributed by atoms with Gasteiger partial charge in [0, 0.05) is 54.2 Å². The van der Waals surface area contributed by atoms with Gasteiger partial charge in [-0.1, -0.05) is 24.5 Å². The largest absolute Gasteiger partial charge is 0.508 e. The average molecular weight is 629 g/mol. The zero-order valence-corrected chi connectivity index (χ0v) is 25.4. The molecule has 4 fully saturated rings. The van der Waals surface area contributed by atoms with Crippen LogP contribution >= 0.6 is 0 Å². The van der Waals surface area contributed by atoms with Crippen LogP contribution in [0.5, 0.6) is 11.8 Å². The Morgan fingerprint density at radius 1 is 1.02 bits per heavy atom. The van der Waals surface area contributed by atoms with Crippen LogP contribution in [-0.4, -0.2) is 75.7 Å². The first-order valence-electron chi connectivity index (χ1n) is 16.1. The van der Waals surface area contributed by atoms with Crippen LogP contribution in [0.2, 0.25) is 0 Å². The van der Waals surface area contributed by atoms with Crippen molar-refractivity contribution in [1.29, 1.82) is 0 Å². The summed E-state index contributed by atoms with van der Waals surface area (Å²) in [6.45, 7) is 2.50. The quantitative estimate of drug-likeness (QED) is 0.264. The average Bonchev–Trinajstić information content (AvgIpc) is 3.55. The second-order valence-electron chi connectivity index (χ2n) is 13.5. The number of piperidine rings is 1. The molecule has 46 heavy (non-hydrogen) atoms. The summed E-state index contributed by atoms with van der Waals surface area (Å²) in [6, 6.07) is 8.88. The molecule has 7 nitrogen and oxygen atoms in total. The van der Waals surface area contributed by atoms with Crippen molar-refractivity contribution in [2.45, 2.75) is 56.3 Å². The monoisotopic (exact) mass is 628 g/mol. The van der Waals surface area contributed by atoms with Gasteiger partial charge in [0.05, 0.1) is 17.2 Å². The summed E-state index contributed by atoms with van der Waals surface area (Å²) in [5.74, 6) is 1.63. The molecule has 238 valence electrons. The van der Waals surface area contributed by atoms with Crippen LogP contribution in [-0.2, 0) is 0 Å². The molecule has 0 amide bonds. The molecule has 1 aliphatic carbocycles. The van der Waals surface area contributed by atoms with Crippen LogP contribution in [0.15, 0.2) is 36.4 Å². The molecule has 3 aromatic carbocycles. The number of anilines is 1. The van der Waals surface area contributed by atoms with Crippen molar-refractivity contribution in [3.05, 3.63) is 53.6 Å². The highest BCUT2D eigenvalue weighted by atomic mass is 19.1. The van der Waals surface area contributed by atoms with Crippen LogP contribution in [0.3, 0.4) is 0 Å². The number of alkyl halides is 1. The fourth-order valence-corrected chi connectivity index (χ4v) is 8.65. The minimum atomic E-state index is -0.925. The number of aliphatic hydroxyl groups excluding tert-OH is 1. The van der Waals surface area contributed by atoms with Crippen molar-refractivity contribution in [3.8, 4) is 35.2 Å². The number of aromatic hydroxyl groups is 1. The summed E-state index contributed by atoms with van der Waals surface area (Å²) in [7, 11) is 0. The van der Waals surface area contributed by atoms with Gasteiger partial charge in [-0.25, -0.2) is 13.2 Å². The van der Waals surface area contributed by atoms with E-state index in [0.29, 0.717) is 48.0 Å². The van der Waals surface area contributed by atoms with Gasteiger partial charge >= 0.3 is 6.01 Å². The first kappa shape index (κ1) is 29.3. The zero-order chi connectivity index (χ0) is 31.7. The van der Waals surface area contributed by atoms with Crippen LogP contribution in [0, 0.1) is 35.8 Å². The Morgan fingerprint density at radius 2 is 1.83 bits per heavy atom. The highest BCUT2D eigenvalue weighted by molar-refractivity contribution is 6.04. The molecule has 1 saturated carbocycles. The summed E-state index contributed by atoms with van der Waals surface area (Å²) >= 11 is 0. The molecule has 8 rings (SSSR count). The van der Waals surface area contributed by atoms with E-state index in [1.165, 1.54) is 24.3 Å². The standard InChI is InChI=1S/C36H35F3N4O3/c1-2-25-29(38)10-7-20-13-24(44)14-28(30(20)25)26-8-9-27-32(31(26)39)40-35(46-19-36-11-4-12-43(36)18-23(37)15-36)41-34(27)42-16-21-5-3-6-22(17-42)33(21)45/h1,7-10,13-14,21-23,33,44-45H,3-6,11-12,15-19H2/t21?,22?,23-,33?,36+/m1/s1. The van der Waals surface area contributed by atoms with E-state index in [9.17, 15) is 19.0 Å². The Labute approximate surface area is 265 Å². The second kappa shape index (κ2) is 11.0. The number of terminal acetylenes is 1. The molecular weight excluding hydrogens is 593 g/mol. The number of phenolic OH excluding ortho intramolecular Hbond substituents is 1. The number of phenols is 1. The van der Waals surface area contributed by atoms with Crippen molar-refractivity contribution >= 4 is 27.5 Å². The van der Waals surface area contributed by atoms with E-state index in [-0.39, 0.29) is 58.5 Å². The first-order chi connectivity index (χ1) is 22.2. The Kier molecular flexibility index (Phi) is 7.03. The summed E-state index contributed by atoms with van der Waals surface area (Å²) in [4.78, 5) is 13.7. The van der Waals surface area contributed by atoms with Gasteiger partial charge in [0.2, 0.25) is 0 Å². The van der Waals surface area contributed by atoms with Gasteiger partial charge in [-0.05, 0) is 67.4 Å². The smallest absolute Gasteiger partial charge is 0.319 e. The lowest BCUT2D eigenvalue weighted by Crippen LogP contribution is -2.51. The third-order valence-electron chi connectivity index (χ3n) is 10.8. The van der Waals surface area contributed by atoms with E-state index in [1.807, 2.05) is 0 Å². The topological polar surface area (TPSA) is 82.0 Å². The zero-order valence-electron chi connectivity index (χ0n) is 25.4. The SMILES string of the molecule is C#Cc1c(F)ccc2cc(O)cc(-c3ccc4c(N5CC6CCCC(C5)C6O)nc(OC[C@@]56CCCN5C[C@H](F)C6)nc4c3F)c12. The molecule has 2 N–H and O–H groups in total. The number of halogens is 3. The number of rotatable bonds is 5. The van der Waals surface area contributed by atoms with Crippen LogP contribution in [0.4, 0.5) is 19.0 Å². The van der Waals surface area contributed by atoms with Gasteiger partial charge < -0.3 is 19.8 Å². The maximum absolute atomic E-state index is 16.9. The number of ether oxygens (including phenoxy) is 1. The van der Waals surface area contributed by atoms with Gasteiger partial charge in [0.15, 0.2) is 5.82 Å². The fraction of sp³-hybridized carbons (Fsp3) is 0.444. The maximum atomic E-state index is 16.9. The Balaban J connectivity index is 1.27. The van der Waals surface area contributed by atoms with E-state index in [2.05, 4.69) is 20.7 Å². The second-order valence-corrected chi connectivity index (χ2v) is 13.5. The van der Waals surface area contributed by atoms with Gasteiger partial charge in [-0.3, -0.25) is 4.90 Å².